The number of hydrogen-bond donors (Lipinski definition) is 1. The van der Waals surface area contributed by atoms with E-state index < -0.39 is 0 Å². The van der Waals surface area contributed by atoms with Gasteiger partial charge in [-0.3, -0.25) is 19.5 Å². The molecular formula is C17H13N3O2S2. The van der Waals surface area contributed by atoms with E-state index in [0.29, 0.717) is 20.6 Å². The van der Waals surface area contributed by atoms with Crippen molar-refractivity contribution in [2.24, 2.45) is 0 Å². The maximum Gasteiger partial charge on any atom is 0.270 e. The minimum absolute atomic E-state index is 0.146. The summed E-state index contributed by atoms with van der Waals surface area (Å²) in [7, 11) is 0. The first kappa shape index (κ1) is 16.4. The Balaban J connectivity index is 1.84. The van der Waals surface area contributed by atoms with E-state index in [-0.39, 0.29) is 11.8 Å². The average molecular weight is 355 g/mol. The highest BCUT2D eigenvalue weighted by molar-refractivity contribution is 8.27. The third-order valence-electron chi connectivity index (χ3n) is 3.22. The summed E-state index contributed by atoms with van der Waals surface area (Å²) in [6.07, 6.45) is 5.14. The molecule has 0 saturated carbocycles. The van der Waals surface area contributed by atoms with Crippen molar-refractivity contribution in [3.8, 4) is 0 Å². The van der Waals surface area contributed by atoms with Gasteiger partial charge in [0.15, 0.2) is 4.32 Å². The molecule has 0 aliphatic carbocycles. The van der Waals surface area contributed by atoms with Gasteiger partial charge in [-0.15, -0.1) is 0 Å². The van der Waals surface area contributed by atoms with Crippen LogP contribution in [0.4, 0.5) is 11.4 Å². The second-order valence-corrected chi connectivity index (χ2v) is 6.71. The van der Waals surface area contributed by atoms with Gasteiger partial charge in [-0.1, -0.05) is 30.0 Å². The van der Waals surface area contributed by atoms with Gasteiger partial charge in [0.25, 0.3) is 5.91 Å². The predicted octanol–water partition coefficient (Wildman–Crippen LogP) is 3.45. The van der Waals surface area contributed by atoms with Crippen LogP contribution in [-0.2, 0) is 9.59 Å². The summed E-state index contributed by atoms with van der Waals surface area (Å²) in [5.41, 5.74) is 2.18. The predicted molar refractivity (Wildman–Crippen MR) is 101 cm³/mol. The molecule has 1 N–H and O–H groups in total. The fourth-order valence-corrected chi connectivity index (χ4v) is 3.50. The second-order valence-electron chi connectivity index (χ2n) is 5.03. The summed E-state index contributed by atoms with van der Waals surface area (Å²) in [6, 6.07) is 10.7. The van der Waals surface area contributed by atoms with Gasteiger partial charge < -0.3 is 5.32 Å². The lowest BCUT2D eigenvalue weighted by molar-refractivity contribution is -0.114. The first-order chi connectivity index (χ1) is 11.5. The van der Waals surface area contributed by atoms with E-state index >= 15 is 0 Å². The highest BCUT2D eigenvalue weighted by Gasteiger charge is 2.33. The summed E-state index contributed by atoms with van der Waals surface area (Å²) in [6.45, 7) is 1.44. The molecule has 0 unspecified atom stereocenters. The van der Waals surface area contributed by atoms with Gasteiger partial charge >= 0.3 is 0 Å². The maximum atomic E-state index is 12.6. The van der Waals surface area contributed by atoms with Crippen LogP contribution in [0.5, 0.6) is 0 Å². The third-order valence-corrected chi connectivity index (χ3v) is 4.52. The van der Waals surface area contributed by atoms with E-state index in [4.69, 9.17) is 12.2 Å². The van der Waals surface area contributed by atoms with Gasteiger partial charge in [0.2, 0.25) is 5.91 Å². The van der Waals surface area contributed by atoms with E-state index in [9.17, 15) is 9.59 Å². The number of amides is 2. The molecule has 1 aliphatic rings. The number of carbonyl (C=O) groups is 2. The number of nitrogens with zero attached hydrogens (tertiary/aromatic N) is 2. The quantitative estimate of drug-likeness (QED) is 0.675. The summed E-state index contributed by atoms with van der Waals surface area (Å²) in [5.74, 6) is -0.311. The third kappa shape index (κ3) is 3.52. The SMILES string of the molecule is CC(=O)Nc1ccc(N2C(=O)/C(=C/c3cccnc3)SC2=S)cc1. The molecule has 1 aromatic heterocycles. The van der Waals surface area contributed by atoms with Crippen LogP contribution < -0.4 is 10.2 Å². The monoisotopic (exact) mass is 355 g/mol. The summed E-state index contributed by atoms with van der Waals surface area (Å²) in [4.78, 5) is 29.8. The molecule has 1 aliphatic heterocycles. The lowest BCUT2D eigenvalue weighted by Crippen LogP contribution is -2.27. The van der Waals surface area contributed by atoms with Crippen LogP contribution in [0.25, 0.3) is 6.08 Å². The van der Waals surface area contributed by atoms with E-state index in [1.807, 2.05) is 12.1 Å². The molecule has 0 atom stereocenters. The van der Waals surface area contributed by atoms with Crippen molar-refractivity contribution >= 4 is 57.6 Å². The number of anilines is 2. The number of thiocarbonyl (C=S) groups is 1. The average Bonchev–Trinajstić information content (AvgIpc) is 2.83. The van der Waals surface area contributed by atoms with Gasteiger partial charge in [-0.2, -0.15) is 0 Å². The molecule has 5 nitrogen and oxygen atoms in total. The summed E-state index contributed by atoms with van der Waals surface area (Å²) < 4.78 is 0.474. The molecule has 120 valence electrons. The number of aromatic nitrogens is 1. The van der Waals surface area contributed by atoms with E-state index in [0.717, 1.165) is 5.56 Å². The van der Waals surface area contributed by atoms with Crippen LogP contribution in [0.15, 0.2) is 53.7 Å². The molecule has 1 aromatic carbocycles. The molecule has 7 heteroatoms. The van der Waals surface area contributed by atoms with Crippen LogP contribution in [0.1, 0.15) is 12.5 Å². The van der Waals surface area contributed by atoms with Crippen molar-refractivity contribution < 1.29 is 9.59 Å². The minimum Gasteiger partial charge on any atom is -0.326 e. The summed E-state index contributed by atoms with van der Waals surface area (Å²) in [5, 5.41) is 2.69. The summed E-state index contributed by atoms with van der Waals surface area (Å²) >= 11 is 6.60. The number of hydrogen-bond acceptors (Lipinski definition) is 5. The Labute approximate surface area is 148 Å². The Bertz CT molecular complexity index is 833. The molecule has 24 heavy (non-hydrogen) atoms. The molecule has 0 spiro atoms. The first-order valence-corrected chi connectivity index (χ1v) is 8.33. The molecule has 1 fully saturated rings. The lowest BCUT2D eigenvalue weighted by atomic mass is 10.2. The zero-order valence-corrected chi connectivity index (χ0v) is 14.4. The van der Waals surface area contributed by atoms with E-state index in [1.54, 1.807) is 42.7 Å². The minimum atomic E-state index is -0.166. The van der Waals surface area contributed by atoms with Crippen molar-refractivity contribution in [2.45, 2.75) is 6.92 Å². The number of nitrogens with one attached hydrogen (secondary N) is 1. The van der Waals surface area contributed by atoms with Crippen molar-refractivity contribution in [1.82, 2.24) is 4.98 Å². The lowest BCUT2D eigenvalue weighted by Gasteiger charge is -2.15. The molecule has 1 saturated heterocycles. The Kier molecular flexibility index (Phi) is 4.73. The van der Waals surface area contributed by atoms with Gasteiger partial charge in [0, 0.05) is 25.0 Å². The molecule has 2 aromatic rings. The number of carbonyl (C=O) groups excluding carboxylic acids is 2. The second kappa shape index (κ2) is 6.94. The van der Waals surface area contributed by atoms with Crippen LogP contribution >= 0.6 is 24.0 Å². The number of benzene rings is 1. The van der Waals surface area contributed by atoms with Gasteiger partial charge in [-0.05, 0) is 42.0 Å². The van der Waals surface area contributed by atoms with Crippen LogP contribution in [0.3, 0.4) is 0 Å². The van der Waals surface area contributed by atoms with Crippen molar-refractivity contribution in [1.29, 1.82) is 0 Å². The van der Waals surface area contributed by atoms with Gasteiger partial charge in [-0.25, -0.2) is 0 Å². The topological polar surface area (TPSA) is 62.3 Å². The number of rotatable bonds is 3. The molecular weight excluding hydrogens is 342 g/mol. The van der Waals surface area contributed by atoms with Crippen LogP contribution in [0, 0.1) is 0 Å². The Morgan fingerprint density at radius 2 is 2.04 bits per heavy atom. The highest BCUT2D eigenvalue weighted by Crippen LogP contribution is 2.36. The number of thioether (sulfide) groups is 1. The Morgan fingerprint density at radius 1 is 1.29 bits per heavy atom. The Morgan fingerprint density at radius 3 is 2.67 bits per heavy atom. The highest BCUT2D eigenvalue weighted by atomic mass is 32.2. The zero-order chi connectivity index (χ0) is 17.1. The fourth-order valence-electron chi connectivity index (χ4n) is 2.20. The molecule has 2 amide bonds. The maximum absolute atomic E-state index is 12.6. The van der Waals surface area contributed by atoms with Crippen molar-refractivity contribution in [3.05, 3.63) is 59.3 Å². The Hall–Kier alpha value is -2.51. The normalized spacial score (nSPS) is 15.9. The standard InChI is InChI=1S/C17H13N3O2S2/c1-11(21)19-13-4-6-14(7-5-13)20-16(22)15(24-17(20)23)9-12-3-2-8-18-10-12/h2-10H,1H3,(H,19,21)/b15-9-. The molecule has 2 heterocycles. The first-order valence-electron chi connectivity index (χ1n) is 7.10. The van der Waals surface area contributed by atoms with E-state index in [2.05, 4.69) is 10.3 Å². The largest absolute Gasteiger partial charge is 0.326 e. The van der Waals surface area contributed by atoms with Gasteiger partial charge in [0.1, 0.15) is 0 Å². The van der Waals surface area contributed by atoms with E-state index in [1.165, 1.54) is 23.6 Å². The zero-order valence-electron chi connectivity index (χ0n) is 12.7. The molecule has 0 radical (unpaired) electrons. The van der Waals surface area contributed by atoms with Crippen molar-refractivity contribution in [3.63, 3.8) is 0 Å². The van der Waals surface area contributed by atoms with Gasteiger partial charge in [0.05, 0.1) is 10.6 Å². The fraction of sp³-hybridized carbons (Fsp3) is 0.0588. The molecule has 0 bridgehead atoms. The van der Waals surface area contributed by atoms with Crippen LogP contribution in [-0.4, -0.2) is 21.1 Å². The smallest absolute Gasteiger partial charge is 0.270 e. The van der Waals surface area contributed by atoms with Crippen molar-refractivity contribution in [2.75, 3.05) is 10.2 Å². The van der Waals surface area contributed by atoms with Crippen LogP contribution in [0.2, 0.25) is 0 Å². The number of pyridine rings is 1. The molecule has 3 rings (SSSR count).